The van der Waals surface area contributed by atoms with Crippen molar-refractivity contribution in [1.29, 1.82) is 0 Å². The zero-order chi connectivity index (χ0) is 29.3. The highest BCUT2D eigenvalue weighted by molar-refractivity contribution is 6.04. The summed E-state index contributed by atoms with van der Waals surface area (Å²) < 4.78 is 0. The Labute approximate surface area is 257 Å². The van der Waals surface area contributed by atoms with E-state index in [-0.39, 0.29) is 0 Å². The van der Waals surface area contributed by atoms with E-state index in [2.05, 4.69) is 152 Å². The van der Waals surface area contributed by atoms with Gasteiger partial charge in [-0.25, -0.2) is 9.97 Å². The van der Waals surface area contributed by atoms with Gasteiger partial charge >= 0.3 is 0 Å². The van der Waals surface area contributed by atoms with E-state index in [1.807, 2.05) is 18.2 Å². The number of rotatable bonds is 5. The van der Waals surface area contributed by atoms with Gasteiger partial charge in [-0.15, -0.1) is 0 Å². The van der Waals surface area contributed by atoms with Gasteiger partial charge in [0.05, 0.1) is 22.4 Å². The maximum absolute atomic E-state index is 5.21. The number of fused-ring (bicyclic) bond motifs is 3. The van der Waals surface area contributed by atoms with E-state index in [0.717, 1.165) is 49.9 Å². The number of hydrogen-bond donors (Lipinski definition) is 0. The van der Waals surface area contributed by atoms with E-state index < -0.39 is 0 Å². The Hall–Kier alpha value is -5.86. The van der Waals surface area contributed by atoms with Crippen molar-refractivity contribution in [1.82, 2.24) is 9.97 Å². The Kier molecular flexibility index (Phi) is 6.51. The van der Waals surface area contributed by atoms with E-state index in [4.69, 9.17) is 9.97 Å². The van der Waals surface area contributed by atoms with E-state index in [9.17, 15) is 0 Å². The fourth-order valence-electron chi connectivity index (χ4n) is 5.95. The SMILES string of the molecule is c1ccc(-c2cc(-c3ccccc3)cc(-c3cccc(-c4ccc5ccc6ccc(-c7ccccc7)nc6c5n4)c3)c2)cc1. The van der Waals surface area contributed by atoms with Gasteiger partial charge < -0.3 is 0 Å². The molecule has 44 heavy (non-hydrogen) atoms. The largest absolute Gasteiger partial charge is 0.245 e. The standard InChI is InChI=1S/C42H28N2/c1-4-11-29(12-5-1)36-26-37(30-13-6-2-7-14-30)28-38(27-36)34-17-10-18-35(25-34)40-24-22-33-20-19-32-21-23-39(31-15-8-3-9-16-31)43-41(32)42(33)44-40/h1-28H. The van der Waals surface area contributed by atoms with Crippen molar-refractivity contribution in [3.8, 4) is 55.9 Å². The minimum absolute atomic E-state index is 0.917. The Bertz CT molecular complexity index is 2200. The average molecular weight is 561 g/mol. The molecule has 8 rings (SSSR count). The normalized spacial score (nSPS) is 11.2. The molecule has 0 bridgehead atoms. The fraction of sp³-hybridized carbons (Fsp3) is 0. The summed E-state index contributed by atoms with van der Waals surface area (Å²) in [6, 6.07) is 59.8. The van der Waals surface area contributed by atoms with Crippen molar-refractivity contribution in [2.45, 2.75) is 0 Å². The summed E-state index contributed by atoms with van der Waals surface area (Å²) in [5.41, 5.74) is 13.0. The molecule has 2 nitrogen and oxygen atoms in total. The molecule has 6 aromatic carbocycles. The second-order valence-electron chi connectivity index (χ2n) is 11.1. The molecule has 0 unspecified atom stereocenters. The second kappa shape index (κ2) is 11.1. The lowest BCUT2D eigenvalue weighted by molar-refractivity contribution is 1.36. The van der Waals surface area contributed by atoms with Crippen LogP contribution in [0.3, 0.4) is 0 Å². The van der Waals surface area contributed by atoms with E-state index >= 15 is 0 Å². The molecule has 0 aliphatic carbocycles. The summed E-state index contributed by atoms with van der Waals surface area (Å²) in [5.74, 6) is 0. The maximum atomic E-state index is 5.21. The summed E-state index contributed by atoms with van der Waals surface area (Å²) in [6.07, 6.45) is 0. The molecule has 0 amide bonds. The monoisotopic (exact) mass is 560 g/mol. The topological polar surface area (TPSA) is 25.8 Å². The van der Waals surface area contributed by atoms with Crippen molar-refractivity contribution >= 4 is 21.8 Å². The average Bonchev–Trinajstić information content (AvgIpc) is 3.12. The first-order valence-corrected chi connectivity index (χ1v) is 14.9. The van der Waals surface area contributed by atoms with Crippen LogP contribution >= 0.6 is 0 Å². The fourth-order valence-corrected chi connectivity index (χ4v) is 5.95. The Morgan fingerprint density at radius 3 is 1.14 bits per heavy atom. The molecule has 8 aromatic rings. The summed E-state index contributed by atoms with van der Waals surface area (Å²) in [6.45, 7) is 0. The lowest BCUT2D eigenvalue weighted by Crippen LogP contribution is -1.91. The number of benzene rings is 6. The molecule has 0 N–H and O–H groups in total. The first-order chi connectivity index (χ1) is 21.8. The molecule has 2 heterocycles. The van der Waals surface area contributed by atoms with Crippen molar-refractivity contribution in [3.05, 3.63) is 170 Å². The molecule has 0 saturated carbocycles. The highest BCUT2D eigenvalue weighted by Gasteiger charge is 2.11. The number of hydrogen-bond acceptors (Lipinski definition) is 2. The van der Waals surface area contributed by atoms with Crippen LogP contribution in [0.5, 0.6) is 0 Å². The second-order valence-corrected chi connectivity index (χ2v) is 11.1. The molecule has 0 saturated heterocycles. The predicted molar refractivity (Wildman–Crippen MR) is 184 cm³/mol. The zero-order valence-electron chi connectivity index (χ0n) is 24.1. The zero-order valence-corrected chi connectivity index (χ0v) is 24.1. The molecule has 0 radical (unpaired) electrons. The van der Waals surface area contributed by atoms with Gasteiger partial charge in [0.15, 0.2) is 0 Å². The van der Waals surface area contributed by atoms with Crippen LogP contribution in [-0.4, -0.2) is 9.97 Å². The van der Waals surface area contributed by atoms with Crippen LogP contribution in [0, 0.1) is 0 Å². The van der Waals surface area contributed by atoms with Crippen LogP contribution in [0.15, 0.2) is 170 Å². The molecule has 0 fully saturated rings. The minimum Gasteiger partial charge on any atom is -0.245 e. The molecule has 0 aliphatic heterocycles. The lowest BCUT2D eigenvalue weighted by atomic mass is 9.92. The number of nitrogens with zero attached hydrogens (tertiary/aromatic N) is 2. The van der Waals surface area contributed by atoms with Crippen LogP contribution in [0.2, 0.25) is 0 Å². The van der Waals surface area contributed by atoms with Crippen molar-refractivity contribution in [2.24, 2.45) is 0 Å². The van der Waals surface area contributed by atoms with Gasteiger partial charge in [-0.1, -0.05) is 133 Å². The first-order valence-electron chi connectivity index (χ1n) is 14.9. The molecule has 0 atom stereocenters. The van der Waals surface area contributed by atoms with Gasteiger partial charge in [-0.3, -0.25) is 0 Å². The predicted octanol–water partition coefficient (Wildman–Crippen LogP) is 11.1. The summed E-state index contributed by atoms with van der Waals surface area (Å²) in [5, 5.41) is 2.17. The molecular formula is C42H28N2. The number of aromatic nitrogens is 2. The first kappa shape index (κ1) is 25.8. The Morgan fingerprint density at radius 1 is 0.250 bits per heavy atom. The van der Waals surface area contributed by atoms with Gasteiger partial charge in [0.2, 0.25) is 0 Å². The van der Waals surface area contributed by atoms with Gasteiger partial charge in [0.1, 0.15) is 0 Å². The molecule has 0 spiro atoms. The van der Waals surface area contributed by atoms with Gasteiger partial charge in [0, 0.05) is 21.9 Å². The highest BCUT2D eigenvalue weighted by atomic mass is 14.8. The van der Waals surface area contributed by atoms with Crippen LogP contribution in [0.4, 0.5) is 0 Å². The van der Waals surface area contributed by atoms with Gasteiger partial charge in [-0.2, -0.15) is 0 Å². The minimum atomic E-state index is 0.917. The molecule has 0 aliphatic rings. The van der Waals surface area contributed by atoms with Crippen molar-refractivity contribution in [2.75, 3.05) is 0 Å². The van der Waals surface area contributed by atoms with Crippen molar-refractivity contribution < 1.29 is 0 Å². The van der Waals surface area contributed by atoms with Crippen LogP contribution < -0.4 is 0 Å². The molecule has 2 heteroatoms. The van der Waals surface area contributed by atoms with Crippen LogP contribution in [0.25, 0.3) is 77.7 Å². The molecule has 206 valence electrons. The van der Waals surface area contributed by atoms with E-state index in [0.29, 0.717) is 0 Å². The lowest BCUT2D eigenvalue weighted by Gasteiger charge is -2.12. The smallest absolute Gasteiger partial charge is 0.0972 e. The third kappa shape index (κ3) is 4.93. The molecule has 2 aromatic heterocycles. The Morgan fingerprint density at radius 2 is 0.614 bits per heavy atom. The van der Waals surface area contributed by atoms with Crippen LogP contribution in [0.1, 0.15) is 0 Å². The van der Waals surface area contributed by atoms with Crippen LogP contribution in [-0.2, 0) is 0 Å². The third-order valence-corrected chi connectivity index (χ3v) is 8.23. The number of pyridine rings is 2. The van der Waals surface area contributed by atoms with E-state index in [1.54, 1.807) is 0 Å². The summed E-state index contributed by atoms with van der Waals surface area (Å²) >= 11 is 0. The van der Waals surface area contributed by atoms with Gasteiger partial charge in [-0.05, 0) is 69.8 Å². The third-order valence-electron chi connectivity index (χ3n) is 8.23. The van der Waals surface area contributed by atoms with Gasteiger partial charge in [0.25, 0.3) is 0 Å². The van der Waals surface area contributed by atoms with E-state index in [1.165, 1.54) is 27.8 Å². The highest BCUT2D eigenvalue weighted by Crippen LogP contribution is 2.35. The quantitative estimate of drug-likeness (QED) is 0.196. The van der Waals surface area contributed by atoms with Crippen molar-refractivity contribution in [3.63, 3.8) is 0 Å². The Balaban J connectivity index is 1.25. The summed E-state index contributed by atoms with van der Waals surface area (Å²) in [7, 11) is 0. The maximum Gasteiger partial charge on any atom is 0.0972 e. The summed E-state index contributed by atoms with van der Waals surface area (Å²) in [4.78, 5) is 10.3. The molecular weight excluding hydrogens is 532 g/mol.